The average Bonchev–Trinajstić information content (AvgIpc) is 2.53. The number of hydrogen-bond donors (Lipinski definition) is 1. The van der Waals surface area contributed by atoms with Gasteiger partial charge in [0, 0.05) is 5.41 Å². The summed E-state index contributed by atoms with van der Waals surface area (Å²) in [4.78, 5) is 23.3. The number of esters is 1. The zero-order valence-electron chi connectivity index (χ0n) is 14.7. The summed E-state index contributed by atoms with van der Waals surface area (Å²) in [5.41, 5.74) is 1.12. The number of alkyl carbamates (subject to hydrolysis) is 1. The number of amides is 1. The maximum absolute atomic E-state index is 11.8. The molecule has 0 aromatic heterocycles. The van der Waals surface area contributed by atoms with E-state index in [4.69, 9.17) is 9.47 Å². The van der Waals surface area contributed by atoms with Gasteiger partial charge in [0.15, 0.2) is 6.04 Å². The van der Waals surface area contributed by atoms with Gasteiger partial charge in [0.05, 0.1) is 6.61 Å². The first-order valence-corrected chi connectivity index (χ1v) is 8.55. The van der Waals surface area contributed by atoms with Crippen LogP contribution in [0, 0.1) is 5.41 Å². The van der Waals surface area contributed by atoms with Crippen molar-refractivity contribution < 1.29 is 19.1 Å². The molecule has 5 nitrogen and oxygen atoms in total. The molecule has 0 spiro atoms. The number of ether oxygens (including phenoxy) is 2. The molecule has 1 aromatic rings. The fourth-order valence-corrected chi connectivity index (χ4v) is 2.72. The van der Waals surface area contributed by atoms with Crippen LogP contribution in [0.4, 0.5) is 4.79 Å². The molecule has 0 aliphatic carbocycles. The minimum atomic E-state index is -0.601. The quantitative estimate of drug-likeness (QED) is 0.613. The largest absolute Gasteiger partial charge is 0.457 e. The Kier molecular flexibility index (Phi) is 6.23. The minimum absolute atomic E-state index is 0.205. The summed E-state index contributed by atoms with van der Waals surface area (Å²) in [6.07, 6.45) is 3.07. The Morgan fingerprint density at radius 3 is 2.50 bits per heavy atom. The number of cyclic esters (lactones) is 1. The monoisotopic (exact) mass is 333 g/mol. The van der Waals surface area contributed by atoms with Crippen molar-refractivity contribution in [3.05, 3.63) is 35.9 Å². The number of hydrogen-bond acceptors (Lipinski definition) is 4. The van der Waals surface area contributed by atoms with Crippen LogP contribution in [0.15, 0.2) is 30.3 Å². The molecule has 0 bridgehead atoms. The number of carbonyl (C=O) groups is 2. The molecule has 2 atom stereocenters. The van der Waals surface area contributed by atoms with Gasteiger partial charge in [-0.05, 0) is 31.2 Å². The second-order valence-electron chi connectivity index (χ2n) is 7.28. The molecule has 0 radical (unpaired) electrons. The van der Waals surface area contributed by atoms with Crippen molar-refractivity contribution in [3.63, 3.8) is 0 Å². The van der Waals surface area contributed by atoms with Crippen LogP contribution < -0.4 is 5.32 Å². The van der Waals surface area contributed by atoms with Crippen molar-refractivity contribution in [2.24, 2.45) is 5.41 Å². The van der Waals surface area contributed by atoms with Gasteiger partial charge in [0.2, 0.25) is 0 Å². The van der Waals surface area contributed by atoms with Crippen molar-refractivity contribution >= 4 is 12.1 Å². The maximum atomic E-state index is 11.8. The Hall–Kier alpha value is -2.04. The van der Waals surface area contributed by atoms with Crippen molar-refractivity contribution in [1.29, 1.82) is 0 Å². The molecule has 5 heteroatoms. The molecule has 0 unspecified atom stereocenters. The molecule has 24 heavy (non-hydrogen) atoms. The van der Waals surface area contributed by atoms with Gasteiger partial charge in [-0.15, -0.1) is 0 Å². The zero-order valence-corrected chi connectivity index (χ0v) is 14.7. The number of carbonyl (C=O) groups excluding carboxylic acids is 2. The molecule has 1 aliphatic heterocycles. The van der Waals surface area contributed by atoms with Crippen molar-refractivity contribution in [3.8, 4) is 0 Å². The van der Waals surface area contributed by atoms with Crippen LogP contribution in [0.2, 0.25) is 0 Å². The lowest BCUT2D eigenvalue weighted by Crippen LogP contribution is -2.64. The number of benzene rings is 1. The number of aryl methyl sites for hydroxylation is 1. The van der Waals surface area contributed by atoms with Crippen LogP contribution in [0.5, 0.6) is 0 Å². The standard InChI is InChI=1S/C19H27NO4/c1-19(2,3)16-15(17(21)24-16)20-18(22)23-13-9-5-8-12-14-10-6-4-7-11-14/h4,6-7,10-11,15-16H,5,8-9,12-13H2,1-3H3,(H,20,22)/t15-,16-/m1/s1. The highest BCUT2D eigenvalue weighted by molar-refractivity contribution is 5.86. The summed E-state index contributed by atoms with van der Waals surface area (Å²) in [7, 11) is 0. The molecule has 1 heterocycles. The van der Waals surface area contributed by atoms with Gasteiger partial charge in [0.1, 0.15) is 6.10 Å². The summed E-state index contributed by atoms with van der Waals surface area (Å²) in [6, 6.07) is 9.73. The van der Waals surface area contributed by atoms with Gasteiger partial charge < -0.3 is 14.8 Å². The number of unbranched alkanes of at least 4 members (excludes halogenated alkanes) is 2. The highest BCUT2D eigenvalue weighted by Gasteiger charge is 2.50. The third-order valence-electron chi connectivity index (χ3n) is 4.11. The number of nitrogens with one attached hydrogen (secondary N) is 1. The van der Waals surface area contributed by atoms with E-state index in [2.05, 4.69) is 17.4 Å². The van der Waals surface area contributed by atoms with E-state index >= 15 is 0 Å². The molecule has 1 saturated heterocycles. The first-order chi connectivity index (χ1) is 11.4. The third-order valence-corrected chi connectivity index (χ3v) is 4.11. The van der Waals surface area contributed by atoms with E-state index in [9.17, 15) is 9.59 Å². The second-order valence-corrected chi connectivity index (χ2v) is 7.28. The highest BCUT2D eigenvalue weighted by Crippen LogP contribution is 2.32. The Morgan fingerprint density at radius 1 is 1.17 bits per heavy atom. The first kappa shape index (κ1) is 18.3. The van der Waals surface area contributed by atoms with Gasteiger partial charge in [-0.2, -0.15) is 0 Å². The highest BCUT2D eigenvalue weighted by atomic mass is 16.6. The Bertz CT molecular complexity index is 550. The van der Waals surface area contributed by atoms with Crippen LogP contribution in [-0.4, -0.2) is 30.8 Å². The molecule has 1 aliphatic rings. The van der Waals surface area contributed by atoms with E-state index in [0.717, 1.165) is 25.7 Å². The predicted octanol–water partition coefficient (Wildman–Crippen LogP) is 3.47. The molecular formula is C19H27NO4. The molecule has 2 rings (SSSR count). The normalized spacial score (nSPS) is 20.0. The zero-order chi connectivity index (χ0) is 17.6. The lowest BCUT2D eigenvalue weighted by atomic mass is 9.81. The lowest BCUT2D eigenvalue weighted by Gasteiger charge is -2.42. The van der Waals surface area contributed by atoms with Crippen LogP contribution >= 0.6 is 0 Å². The smallest absolute Gasteiger partial charge is 0.407 e. The molecule has 132 valence electrons. The van der Waals surface area contributed by atoms with E-state index in [1.807, 2.05) is 39.0 Å². The molecule has 1 N–H and O–H groups in total. The Labute approximate surface area is 143 Å². The van der Waals surface area contributed by atoms with Crippen LogP contribution in [0.1, 0.15) is 45.6 Å². The van der Waals surface area contributed by atoms with E-state index in [0.29, 0.717) is 6.61 Å². The lowest BCUT2D eigenvalue weighted by molar-refractivity contribution is -0.188. The average molecular weight is 333 g/mol. The Balaban J connectivity index is 1.57. The Morgan fingerprint density at radius 2 is 1.88 bits per heavy atom. The van der Waals surface area contributed by atoms with E-state index in [1.165, 1.54) is 5.56 Å². The van der Waals surface area contributed by atoms with Gasteiger partial charge in [-0.25, -0.2) is 9.59 Å². The molecule has 1 aromatic carbocycles. The van der Waals surface area contributed by atoms with E-state index in [-0.39, 0.29) is 11.5 Å². The van der Waals surface area contributed by atoms with Crippen molar-refractivity contribution in [2.75, 3.05) is 6.61 Å². The van der Waals surface area contributed by atoms with Gasteiger partial charge >= 0.3 is 12.1 Å². The molecule has 1 fully saturated rings. The summed E-state index contributed by atoms with van der Waals surface area (Å²) in [5, 5.41) is 2.60. The molecule has 0 saturated carbocycles. The van der Waals surface area contributed by atoms with E-state index in [1.54, 1.807) is 0 Å². The van der Waals surface area contributed by atoms with Crippen molar-refractivity contribution in [1.82, 2.24) is 5.32 Å². The minimum Gasteiger partial charge on any atom is -0.457 e. The summed E-state index contributed by atoms with van der Waals surface area (Å²) < 4.78 is 10.3. The third kappa shape index (κ3) is 5.25. The van der Waals surface area contributed by atoms with Crippen molar-refractivity contribution in [2.45, 2.75) is 58.6 Å². The molecule has 1 amide bonds. The first-order valence-electron chi connectivity index (χ1n) is 8.55. The van der Waals surface area contributed by atoms with E-state index < -0.39 is 18.1 Å². The topological polar surface area (TPSA) is 64.6 Å². The fourth-order valence-electron chi connectivity index (χ4n) is 2.72. The number of rotatable bonds is 7. The SMILES string of the molecule is CC(C)(C)[C@@H]1OC(=O)[C@@H]1NC(=O)OCCCCCc1ccccc1. The van der Waals surface area contributed by atoms with Gasteiger partial charge in [-0.1, -0.05) is 51.1 Å². The summed E-state index contributed by atoms with van der Waals surface area (Å²) >= 11 is 0. The van der Waals surface area contributed by atoms with Gasteiger partial charge in [0.25, 0.3) is 0 Å². The summed E-state index contributed by atoms with van der Waals surface area (Å²) in [6.45, 7) is 6.27. The van der Waals surface area contributed by atoms with Crippen LogP contribution in [-0.2, 0) is 20.7 Å². The van der Waals surface area contributed by atoms with Gasteiger partial charge in [-0.3, -0.25) is 0 Å². The van der Waals surface area contributed by atoms with Crippen LogP contribution in [0.25, 0.3) is 0 Å². The molecular weight excluding hydrogens is 306 g/mol. The fraction of sp³-hybridized carbons (Fsp3) is 0.579. The second kappa shape index (κ2) is 8.18. The maximum Gasteiger partial charge on any atom is 0.407 e. The van der Waals surface area contributed by atoms with Crippen LogP contribution in [0.3, 0.4) is 0 Å². The predicted molar refractivity (Wildman–Crippen MR) is 91.6 cm³/mol. The summed E-state index contributed by atoms with van der Waals surface area (Å²) in [5.74, 6) is -0.394.